The molecular weight excluding hydrogens is 407 g/mol. The summed E-state index contributed by atoms with van der Waals surface area (Å²) in [5, 5.41) is 14.1. The average Bonchev–Trinajstić information content (AvgIpc) is 3.31. The molecule has 0 spiro atoms. The number of alkyl halides is 1. The Labute approximate surface area is 187 Å². The zero-order valence-electron chi connectivity index (χ0n) is 18.7. The summed E-state index contributed by atoms with van der Waals surface area (Å²) in [7, 11) is 1.89. The Kier molecular flexibility index (Phi) is 4.93. The van der Waals surface area contributed by atoms with Crippen LogP contribution in [0.25, 0.3) is 16.9 Å². The van der Waals surface area contributed by atoms with E-state index in [0.717, 1.165) is 31.4 Å². The molecule has 0 unspecified atom stereocenters. The number of hydrogen-bond donors (Lipinski definition) is 2. The van der Waals surface area contributed by atoms with Crippen LogP contribution in [0.3, 0.4) is 0 Å². The number of nitrogens with one attached hydrogen (secondary N) is 1. The van der Waals surface area contributed by atoms with E-state index in [4.69, 9.17) is 0 Å². The number of aromatic hydroxyl groups is 1. The molecule has 0 saturated carbocycles. The van der Waals surface area contributed by atoms with E-state index in [0.29, 0.717) is 17.1 Å². The van der Waals surface area contributed by atoms with Gasteiger partial charge in [0.1, 0.15) is 17.7 Å². The summed E-state index contributed by atoms with van der Waals surface area (Å²) in [4.78, 5) is 15.0. The molecule has 0 aliphatic carbocycles. The number of halogens is 1. The number of anilines is 1. The van der Waals surface area contributed by atoms with E-state index in [2.05, 4.69) is 27.2 Å². The SMILES string of the molecule is CN(c1cnc(-c2ccc(-n3ccnc3)cc2O)cn1)[C@@H]1C[C@@]2(C)CCC[C@](C)(N2)[C@@H]1F. The zero-order chi connectivity index (χ0) is 22.5. The minimum Gasteiger partial charge on any atom is -0.507 e. The highest BCUT2D eigenvalue weighted by molar-refractivity contribution is 5.68. The van der Waals surface area contributed by atoms with Crippen LogP contribution >= 0.6 is 0 Å². The number of piperidine rings is 2. The van der Waals surface area contributed by atoms with Crippen molar-refractivity contribution in [3.05, 3.63) is 49.3 Å². The van der Waals surface area contributed by atoms with Crippen LogP contribution in [0, 0.1) is 0 Å². The molecular formula is C24H29FN6O. The van der Waals surface area contributed by atoms with Gasteiger partial charge >= 0.3 is 0 Å². The summed E-state index contributed by atoms with van der Waals surface area (Å²) >= 11 is 0. The second-order valence-electron chi connectivity index (χ2n) is 9.67. The van der Waals surface area contributed by atoms with Gasteiger partial charge in [0.05, 0.1) is 36.1 Å². The number of imidazole rings is 1. The van der Waals surface area contributed by atoms with Crippen LogP contribution in [0.2, 0.25) is 0 Å². The number of phenols is 1. The van der Waals surface area contributed by atoms with Crippen molar-refractivity contribution in [2.45, 2.75) is 62.8 Å². The van der Waals surface area contributed by atoms with Crippen molar-refractivity contribution in [3.63, 3.8) is 0 Å². The highest BCUT2D eigenvalue weighted by Crippen LogP contribution is 2.43. The summed E-state index contributed by atoms with van der Waals surface area (Å²) < 4.78 is 17.4. The lowest BCUT2D eigenvalue weighted by atomic mass is 9.68. The topological polar surface area (TPSA) is 79.1 Å². The number of phenolic OH excluding ortho intramolecular Hbond substituents is 1. The van der Waals surface area contributed by atoms with Gasteiger partial charge < -0.3 is 19.9 Å². The van der Waals surface area contributed by atoms with Crippen LogP contribution in [-0.2, 0) is 0 Å². The Morgan fingerprint density at radius 1 is 1.22 bits per heavy atom. The molecule has 32 heavy (non-hydrogen) atoms. The number of hydrogen-bond acceptors (Lipinski definition) is 6. The minimum absolute atomic E-state index is 0.0648. The molecule has 2 bridgehead atoms. The van der Waals surface area contributed by atoms with E-state index < -0.39 is 11.7 Å². The predicted octanol–water partition coefficient (Wildman–Crippen LogP) is 3.87. The molecule has 4 atom stereocenters. The molecule has 5 rings (SSSR count). The molecule has 2 aliphatic rings. The third-order valence-electron chi connectivity index (χ3n) is 7.18. The first-order valence-electron chi connectivity index (χ1n) is 11.1. The quantitative estimate of drug-likeness (QED) is 0.646. The maximum absolute atomic E-state index is 15.6. The van der Waals surface area contributed by atoms with Gasteiger partial charge in [-0.3, -0.25) is 4.98 Å². The van der Waals surface area contributed by atoms with Crippen LogP contribution < -0.4 is 10.2 Å². The van der Waals surface area contributed by atoms with Crippen molar-refractivity contribution in [3.8, 4) is 22.7 Å². The van der Waals surface area contributed by atoms with Crippen molar-refractivity contribution < 1.29 is 9.50 Å². The standard InChI is InChI=1S/C24H29FN6O/c1-23-7-4-8-24(2,29-23)22(25)19(12-23)30(3)21-14-27-18(13-28-21)17-6-5-16(11-20(17)32)31-10-9-26-15-31/h5-6,9-11,13-15,19,22,29,32H,4,7-8,12H2,1-3H3/t19-,22-,23-,24+/m1/s1. The Balaban J connectivity index is 1.38. The number of rotatable bonds is 4. The van der Waals surface area contributed by atoms with Crippen molar-refractivity contribution in [2.24, 2.45) is 0 Å². The molecule has 168 valence electrons. The third kappa shape index (κ3) is 3.52. The van der Waals surface area contributed by atoms with E-state index in [9.17, 15) is 5.11 Å². The highest BCUT2D eigenvalue weighted by atomic mass is 19.1. The summed E-state index contributed by atoms with van der Waals surface area (Å²) in [5.74, 6) is 0.741. The van der Waals surface area contributed by atoms with Gasteiger partial charge in [0.2, 0.25) is 0 Å². The number of fused-ring (bicyclic) bond motifs is 2. The van der Waals surface area contributed by atoms with Crippen LogP contribution in [0.5, 0.6) is 5.75 Å². The summed E-state index contributed by atoms with van der Waals surface area (Å²) in [6.07, 6.45) is 11.1. The number of benzene rings is 1. The second-order valence-corrected chi connectivity index (χ2v) is 9.67. The number of aromatic nitrogens is 4. The van der Waals surface area contributed by atoms with E-state index in [1.165, 1.54) is 0 Å². The summed E-state index contributed by atoms with van der Waals surface area (Å²) in [6, 6.07) is 5.10. The maximum atomic E-state index is 15.6. The lowest BCUT2D eigenvalue weighted by molar-refractivity contribution is 0.00197. The van der Waals surface area contributed by atoms with Crippen LogP contribution in [0.15, 0.2) is 49.3 Å². The van der Waals surface area contributed by atoms with Crippen LogP contribution in [0.1, 0.15) is 39.5 Å². The molecule has 8 heteroatoms. The Hall–Kier alpha value is -3.00. The molecule has 2 aliphatic heterocycles. The lowest BCUT2D eigenvalue weighted by Gasteiger charge is -2.56. The molecule has 4 heterocycles. The van der Waals surface area contributed by atoms with Crippen molar-refractivity contribution in [1.82, 2.24) is 24.8 Å². The highest BCUT2D eigenvalue weighted by Gasteiger charge is 2.53. The molecule has 3 aromatic rings. The Morgan fingerprint density at radius 2 is 2.06 bits per heavy atom. The van der Waals surface area contributed by atoms with Gasteiger partial charge in [-0.1, -0.05) is 0 Å². The zero-order valence-corrected chi connectivity index (χ0v) is 18.7. The van der Waals surface area contributed by atoms with Crippen LogP contribution in [0.4, 0.5) is 10.2 Å². The monoisotopic (exact) mass is 436 g/mol. The first-order chi connectivity index (χ1) is 15.3. The maximum Gasteiger partial charge on any atom is 0.147 e. The minimum atomic E-state index is -0.998. The Bertz CT molecular complexity index is 1100. The number of nitrogens with zero attached hydrogens (tertiary/aromatic N) is 5. The molecule has 7 nitrogen and oxygen atoms in total. The Morgan fingerprint density at radius 3 is 2.75 bits per heavy atom. The van der Waals surface area contributed by atoms with E-state index in [1.807, 2.05) is 41.8 Å². The van der Waals surface area contributed by atoms with Crippen molar-refractivity contribution in [1.29, 1.82) is 0 Å². The second kappa shape index (κ2) is 7.55. The fraction of sp³-hybridized carbons (Fsp3) is 0.458. The van der Waals surface area contributed by atoms with Gasteiger partial charge in [0.15, 0.2) is 0 Å². The first-order valence-corrected chi connectivity index (χ1v) is 11.1. The lowest BCUT2D eigenvalue weighted by Crippen LogP contribution is -2.72. The summed E-state index contributed by atoms with van der Waals surface area (Å²) in [6.45, 7) is 4.20. The summed E-state index contributed by atoms with van der Waals surface area (Å²) in [5.41, 5.74) is 1.39. The molecule has 2 fully saturated rings. The van der Waals surface area contributed by atoms with E-state index >= 15 is 4.39 Å². The molecule has 2 aromatic heterocycles. The van der Waals surface area contributed by atoms with Gasteiger partial charge in [-0.05, 0) is 51.7 Å². The molecule has 1 aromatic carbocycles. The normalized spacial score (nSPS) is 29.6. The first kappa shape index (κ1) is 20.9. The fourth-order valence-electron chi connectivity index (χ4n) is 5.46. The fourth-order valence-corrected chi connectivity index (χ4v) is 5.46. The molecule has 2 saturated heterocycles. The molecule has 0 radical (unpaired) electrons. The molecule has 2 N–H and O–H groups in total. The van der Waals surface area contributed by atoms with E-state index in [-0.39, 0.29) is 17.3 Å². The van der Waals surface area contributed by atoms with Gasteiger partial charge in [0.25, 0.3) is 0 Å². The van der Waals surface area contributed by atoms with Crippen molar-refractivity contribution >= 4 is 5.82 Å². The average molecular weight is 437 g/mol. The smallest absolute Gasteiger partial charge is 0.147 e. The van der Waals surface area contributed by atoms with Crippen molar-refractivity contribution in [2.75, 3.05) is 11.9 Å². The van der Waals surface area contributed by atoms with E-state index in [1.54, 1.807) is 31.0 Å². The van der Waals surface area contributed by atoms with Gasteiger partial charge in [-0.25, -0.2) is 14.4 Å². The van der Waals surface area contributed by atoms with Gasteiger partial charge in [-0.15, -0.1) is 0 Å². The van der Waals surface area contributed by atoms with Crippen LogP contribution in [-0.4, -0.2) is 55.0 Å². The predicted molar refractivity (Wildman–Crippen MR) is 122 cm³/mol. The molecule has 0 amide bonds. The van der Waals surface area contributed by atoms with Gasteiger partial charge in [0, 0.05) is 42.1 Å². The van der Waals surface area contributed by atoms with Gasteiger partial charge in [-0.2, -0.15) is 0 Å². The largest absolute Gasteiger partial charge is 0.507 e. The third-order valence-corrected chi connectivity index (χ3v) is 7.18.